The molecule has 0 spiro atoms. The Bertz CT molecular complexity index is 1640. The number of hydrogen-bond acceptors (Lipinski definition) is 7. The van der Waals surface area contributed by atoms with Crippen LogP contribution in [-0.4, -0.2) is 61.3 Å². The van der Waals surface area contributed by atoms with Gasteiger partial charge in [0.15, 0.2) is 0 Å². The van der Waals surface area contributed by atoms with Crippen LogP contribution < -0.4 is 15.2 Å². The zero-order chi connectivity index (χ0) is 28.6. The van der Waals surface area contributed by atoms with E-state index in [1.807, 2.05) is 0 Å². The molecule has 9 heteroatoms. The highest BCUT2D eigenvalue weighted by atomic mass is 31.2. The Balaban J connectivity index is 1.62. The number of carbonyl (C=O) groups is 1. The molecule has 1 fully saturated rings. The van der Waals surface area contributed by atoms with Crippen molar-refractivity contribution in [1.29, 1.82) is 10.5 Å². The molecule has 5 rings (SSSR count). The summed E-state index contributed by atoms with van der Waals surface area (Å²) in [5.74, 6) is -0.203. The van der Waals surface area contributed by atoms with Crippen molar-refractivity contribution in [1.82, 2.24) is 9.88 Å². The van der Waals surface area contributed by atoms with E-state index in [0.29, 0.717) is 43.6 Å². The first-order chi connectivity index (χ1) is 19.2. The molecule has 40 heavy (non-hydrogen) atoms. The molecule has 204 valence electrons. The minimum Gasteiger partial charge on any atom is -0.366 e. The van der Waals surface area contributed by atoms with Crippen LogP contribution >= 0.6 is 7.14 Å². The second kappa shape index (κ2) is 10.8. The van der Waals surface area contributed by atoms with Crippen molar-refractivity contribution < 1.29 is 9.36 Å². The predicted octanol–water partition coefficient (Wildman–Crippen LogP) is 4.34. The summed E-state index contributed by atoms with van der Waals surface area (Å²) in [5.41, 5.74) is 5.61. The van der Waals surface area contributed by atoms with E-state index in [4.69, 9.17) is 4.98 Å². The molecule has 0 aliphatic carbocycles. The summed E-state index contributed by atoms with van der Waals surface area (Å²) in [4.78, 5) is 23.5. The molecule has 0 radical (unpaired) electrons. The highest BCUT2D eigenvalue weighted by Gasteiger charge is 2.36. The third-order valence-electron chi connectivity index (χ3n) is 7.94. The molecular formula is C31H33N6O2P. The molecule has 1 saturated heterocycles. The van der Waals surface area contributed by atoms with E-state index in [0.717, 1.165) is 29.2 Å². The van der Waals surface area contributed by atoms with Gasteiger partial charge in [0.2, 0.25) is 5.91 Å². The first-order valence-corrected chi connectivity index (χ1v) is 16.1. The Labute approximate surface area is 235 Å². The van der Waals surface area contributed by atoms with Crippen molar-refractivity contribution in [3.63, 3.8) is 0 Å². The fraction of sp³-hybridized carbons (Fsp3) is 0.355. The second-order valence-corrected chi connectivity index (χ2v) is 14.0. The zero-order valence-corrected chi connectivity index (χ0v) is 24.1. The van der Waals surface area contributed by atoms with Gasteiger partial charge in [-0.15, -0.1) is 0 Å². The fourth-order valence-corrected chi connectivity index (χ4v) is 7.16. The molecule has 3 heterocycles. The number of hydrogen-bond donors (Lipinski definition) is 0. The predicted molar refractivity (Wildman–Crippen MR) is 160 cm³/mol. The van der Waals surface area contributed by atoms with Crippen LogP contribution in [0.25, 0.3) is 10.8 Å². The van der Waals surface area contributed by atoms with Crippen LogP contribution in [-0.2, 0) is 22.3 Å². The molecule has 0 saturated carbocycles. The minimum absolute atomic E-state index is 0.173. The maximum atomic E-state index is 13.5. The van der Waals surface area contributed by atoms with Gasteiger partial charge in [-0.25, -0.2) is 4.98 Å². The molecule has 0 N–H and O–H groups in total. The van der Waals surface area contributed by atoms with E-state index < -0.39 is 7.14 Å². The van der Waals surface area contributed by atoms with Crippen molar-refractivity contribution in [2.45, 2.75) is 32.4 Å². The van der Waals surface area contributed by atoms with Crippen LogP contribution in [0.3, 0.4) is 0 Å². The summed E-state index contributed by atoms with van der Waals surface area (Å²) in [6.45, 7) is 11.6. The molecule has 2 aliphatic heterocycles. The van der Waals surface area contributed by atoms with Crippen LogP contribution in [0, 0.1) is 29.6 Å². The van der Waals surface area contributed by atoms with E-state index in [9.17, 15) is 19.9 Å². The first kappa shape index (κ1) is 27.4. The molecule has 3 aromatic rings. The molecule has 1 amide bonds. The third kappa shape index (κ3) is 4.85. The number of carbonyl (C=O) groups excluding carboxylic acids is 1. The maximum absolute atomic E-state index is 13.5. The zero-order valence-electron chi connectivity index (χ0n) is 23.2. The number of amides is 1. The van der Waals surface area contributed by atoms with E-state index in [1.54, 1.807) is 18.2 Å². The van der Waals surface area contributed by atoms with E-state index in [1.165, 1.54) is 22.4 Å². The highest BCUT2D eigenvalue weighted by molar-refractivity contribution is 7.70. The lowest BCUT2D eigenvalue weighted by Crippen LogP contribution is -2.55. The first-order valence-electron chi connectivity index (χ1n) is 13.5. The van der Waals surface area contributed by atoms with Gasteiger partial charge in [0.25, 0.3) is 0 Å². The standard InChI is InChI=1S/C31H33N6O2P/c1-5-28(38)37-17-16-36(19-23(37)12-14-32)30-24-13-15-35(20-26(24)34-31(25(30)18-33)40(3,4)39)27-11-7-10-22-9-6-8-21(2)29(22)27/h5-11,23H,1,12-13,15-17,19-20H2,2-4H3. The number of aromatic nitrogens is 1. The van der Waals surface area contributed by atoms with Crippen LogP contribution in [0.5, 0.6) is 0 Å². The SMILES string of the molecule is C=CC(=O)N1CCN(c2c(C#N)c(P(C)(C)=O)nc3c2CCN(c2cccc4cccc(C)c24)C3)CC1CC#N. The summed E-state index contributed by atoms with van der Waals surface area (Å²) >= 11 is 0. The van der Waals surface area contributed by atoms with Gasteiger partial charge in [0.05, 0.1) is 36.5 Å². The quantitative estimate of drug-likeness (QED) is 0.343. The summed E-state index contributed by atoms with van der Waals surface area (Å²) in [7, 11) is -2.90. The smallest absolute Gasteiger partial charge is 0.246 e. The Hall–Kier alpha value is -4.13. The normalized spacial score (nSPS) is 17.2. The summed E-state index contributed by atoms with van der Waals surface area (Å²) in [5, 5.41) is 22.2. The number of rotatable bonds is 5. The average Bonchev–Trinajstić information content (AvgIpc) is 2.95. The maximum Gasteiger partial charge on any atom is 0.246 e. The fourth-order valence-electron chi connectivity index (χ4n) is 6.11. The monoisotopic (exact) mass is 552 g/mol. The Morgan fingerprint density at radius 3 is 2.58 bits per heavy atom. The molecule has 1 unspecified atom stereocenters. The molecule has 2 aliphatic rings. The third-order valence-corrected chi connectivity index (χ3v) is 9.29. The molecule has 2 aromatic carbocycles. The minimum atomic E-state index is -2.90. The van der Waals surface area contributed by atoms with Gasteiger partial charge in [-0.3, -0.25) is 4.79 Å². The molecule has 8 nitrogen and oxygen atoms in total. The van der Waals surface area contributed by atoms with Crippen LogP contribution in [0.2, 0.25) is 0 Å². The van der Waals surface area contributed by atoms with Crippen molar-refractivity contribution >= 4 is 40.6 Å². The number of nitriles is 2. The molecule has 1 atom stereocenters. The van der Waals surface area contributed by atoms with Crippen molar-refractivity contribution in [3.8, 4) is 12.1 Å². The molecule has 1 aromatic heterocycles. The Morgan fingerprint density at radius 1 is 1.15 bits per heavy atom. The van der Waals surface area contributed by atoms with Gasteiger partial charge in [-0.1, -0.05) is 36.9 Å². The second-order valence-electron chi connectivity index (χ2n) is 10.9. The topological polar surface area (TPSA) is 104 Å². The number of nitrogens with zero attached hydrogens (tertiary/aromatic N) is 6. The highest BCUT2D eigenvalue weighted by Crippen LogP contribution is 2.42. The van der Waals surface area contributed by atoms with Gasteiger partial charge < -0.3 is 19.3 Å². The van der Waals surface area contributed by atoms with E-state index >= 15 is 0 Å². The summed E-state index contributed by atoms with van der Waals surface area (Å²) < 4.78 is 13.5. The number of fused-ring (bicyclic) bond motifs is 2. The van der Waals surface area contributed by atoms with Crippen LogP contribution in [0.4, 0.5) is 11.4 Å². The summed E-state index contributed by atoms with van der Waals surface area (Å²) in [6.07, 6.45) is 2.12. The molecular weight excluding hydrogens is 519 g/mol. The van der Waals surface area contributed by atoms with E-state index in [-0.39, 0.29) is 18.4 Å². The lowest BCUT2D eigenvalue weighted by molar-refractivity contribution is -0.128. The number of pyridine rings is 1. The summed E-state index contributed by atoms with van der Waals surface area (Å²) in [6, 6.07) is 16.8. The van der Waals surface area contributed by atoms with Crippen molar-refractivity contribution in [2.75, 3.05) is 49.3 Å². The Kier molecular flexibility index (Phi) is 7.41. The largest absolute Gasteiger partial charge is 0.366 e. The number of piperazine rings is 1. The lowest BCUT2D eigenvalue weighted by atomic mass is 9.96. The van der Waals surface area contributed by atoms with Crippen molar-refractivity contribution in [2.24, 2.45) is 0 Å². The number of benzene rings is 2. The van der Waals surface area contributed by atoms with Gasteiger partial charge in [-0.05, 0) is 49.8 Å². The Morgan fingerprint density at radius 2 is 1.90 bits per heavy atom. The number of anilines is 2. The van der Waals surface area contributed by atoms with Crippen LogP contribution in [0.15, 0.2) is 49.1 Å². The average molecular weight is 553 g/mol. The van der Waals surface area contributed by atoms with Crippen molar-refractivity contribution in [3.05, 3.63) is 71.4 Å². The van der Waals surface area contributed by atoms with Gasteiger partial charge in [0, 0.05) is 42.8 Å². The molecule has 0 bridgehead atoms. The van der Waals surface area contributed by atoms with Crippen LogP contribution in [0.1, 0.15) is 28.8 Å². The number of aryl methyl sites for hydroxylation is 1. The van der Waals surface area contributed by atoms with Gasteiger partial charge >= 0.3 is 0 Å². The van der Waals surface area contributed by atoms with E-state index in [2.05, 4.69) is 71.8 Å². The lowest BCUT2D eigenvalue weighted by Gasteiger charge is -2.43. The van der Waals surface area contributed by atoms with Gasteiger partial charge in [-0.2, -0.15) is 10.5 Å². The van der Waals surface area contributed by atoms with Gasteiger partial charge in [0.1, 0.15) is 24.2 Å².